The van der Waals surface area contributed by atoms with E-state index in [2.05, 4.69) is 15.9 Å². The monoisotopic (exact) mass is 312 g/mol. The number of phenols is 1. The molecule has 17 heavy (non-hydrogen) atoms. The maximum absolute atomic E-state index is 9.53. The van der Waals surface area contributed by atoms with Crippen molar-refractivity contribution in [3.63, 3.8) is 0 Å². The maximum Gasteiger partial charge on any atom is 0.161 e. The standard InChI is InChI=1S/C13H10BrClO2/c14-10-6-5-9(7-11(10)15)8-17-13-4-2-1-3-12(13)16/h1-7,16H,8H2. The van der Waals surface area contributed by atoms with Crippen molar-refractivity contribution in [2.24, 2.45) is 0 Å². The number of halogens is 2. The van der Waals surface area contributed by atoms with Crippen LogP contribution in [0.15, 0.2) is 46.9 Å². The highest BCUT2D eigenvalue weighted by Gasteiger charge is 2.03. The highest BCUT2D eigenvalue weighted by atomic mass is 79.9. The van der Waals surface area contributed by atoms with Gasteiger partial charge in [0.15, 0.2) is 11.5 Å². The van der Waals surface area contributed by atoms with Gasteiger partial charge in [0, 0.05) is 4.47 Å². The van der Waals surface area contributed by atoms with Crippen molar-refractivity contribution in [1.29, 1.82) is 0 Å². The molecule has 0 aliphatic rings. The van der Waals surface area contributed by atoms with Crippen molar-refractivity contribution in [1.82, 2.24) is 0 Å². The maximum atomic E-state index is 9.53. The Morgan fingerprint density at radius 1 is 1.18 bits per heavy atom. The SMILES string of the molecule is Oc1ccccc1OCc1ccc(Br)c(Cl)c1. The molecule has 0 unspecified atom stereocenters. The Morgan fingerprint density at radius 2 is 1.94 bits per heavy atom. The van der Waals surface area contributed by atoms with E-state index in [1.54, 1.807) is 18.2 Å². The molecule has 0 fully saturated rings. The molecule has 2 nitrogen and oxygen atoms in total. The van der Waals surface area contributed by atoms with Crippen LogP contribution in [0.4, 0.5) is 0 Å². The molecule has 0 amide bonds. The van der Waals surface area contributed by atoms with Crippen LogP contribution < -0.4 is 4.74 Å². The highest BCUT2D eigenvalue weighted by Crippen LogP contribution is 2.27. The number of para-hydroxylation sites is 2. The second-order valence-corrected chi connectivity index (χ2v) is 4.77. The van der Waals surface area contributed by atoms with Crippen molar-refractivity contribution in [3.05, 3.63) is 57.5 Å². The Morgan fingerprint density at radius 3 is 2.65 bits per heavy atom. The molecule has 0 atom stereocenters. The van der Waals surface area contributed by atoms with Crippen LogP contribution in [0.5, 0.6) is 11.5 Å². The van der Waals surface area contributed by atoms with Crippen LogP contribution in [0.2, 0.25) is 5.02 Å². The third-order valence-corrected chi connectivity index (χ3v) is 3.48. The van der Waals surface area contributed by atoms with Crippen molar-refractivity contribution in [3.8, 4) is 11.5 Å². The fourth-order valence-electron chi connectivity index (χ4n) is 1.37. The number of phenolic OH excluding ortho intramolecular Hbond substituents is 1. The molecule has 0 heterocycles. The van der Waals surface area contributed by atoms with E-state index in [9.17, 15) is 5.11 Å². The summed E-state index contributed by atoms with van der Waals surface area (Å²) in [6.07, 6.45) is 0. The minimum Gasteiger partial charge on any atom is -0.504 e. The molecule has 0 spiro atoms. The summed E-state index contributed by atoms with van der Waals surface area (Å²) in [5, 5.41) is 10.2. The molecular weight excluding hydrogens is 303 g/mol. The average molecular weight is 314 g/mol. The summed E-state index contributed by atoms with van der Waals surface area (Å²) in [5.41, 5.74) is 0.946. The van der Waals surface area contributed by atoms with Crippen LogP contribution in [-0.2, 0) is 6.61 Å². The van der Waals surface area contributed by atoms with Gasteiger partial charge in [0.2, 0.25) is 0 Å². The lowest BCUT2D eigenvalue weighted by atomic mass is 10.2. The Balaban J connectivity index is 2.08. The Hall–Kier alpha value is -1.19. The second-order valence-electron chi connectivity index (χ2n) is 3.50. The molecule has 4 heteroatoms. The van der Waals surface area contributed by atoms with E-state index in [1.807, 2.05) is 24.3 Å². The molecule has 0 bridgehead atoms. The number of hydrogen-bond donors (Lipinski definition) is 1. The van der Waals surface area contributed by atoms with Crippen molar-refractivity contribution in [2.45, 2.75) is 6.61 Å². The molecule has 0 radical (unpaired) electrons. The van der Waals surface area contributed by atoms with Gasteiger partial charge in [-0.2, -0.15) is 0 Å². The van der Waals surface area contributed by atoms with Gasteiger partial charge in [-0.05, 0) is 45.8 Å². The molecule has 0 aliphatic carbocycles. The summed E-state index contributed by atoms with van der Waals surface area (Å²) in [7, 11) is 0. The van der Waals surface area contributed by atoms with E-state index >= 15 is 0 Å². The summed E-state index contributed by atoms with van der Waals surface area (Å²) in [6, 6.07) is 12.5. The summed E-state index contributed by atoms with van der Waals surface area (Å²) in [5.74, 6) is 0.599. The Labute approximate surface area is 113 Å². The molecule has 1 N–H and O–H groups in total. The third-order valence-electron chi connectivity index (χ3n) is 2.24. The Kier molecular flexibility index (Phi) is 3.92. The first-order valence-corrected chi connectivity index (χ1v) is 6.18. The molecule has 0 saturated heterocycles. The first-order valence-electron chi connectivity index (χ1n) is 5.01. The van der Waals surface area contributed by atoms with Crippen LogP contribution in [0.3, 0.4) is 0 Å². The summed E-state index contributed by atoms with van der Waals surface area (Å²) in [6.45, 7) is 0.366. The van der Waals surface area contributed by atoms with E-state index < -0.39 is 0 Å². The zero-order chi connectivity index (χ0) is 12.3. The molecule has 2 aromatic rings. The third kappa shape index (κ3) is 3.14. The van der Waals surface area contributed by atoms with Crippen LogP contribution in [0, 0.1) is 0 Å². The molecule has 2 rings (SSSR count). The molecule has 0 aliphatic heterocycles. The van der Waals surface area contributed by atoms with Gasteiger partial charge in [-0.1, -0.05) is 29.8 Å². The van der Waals surface area contributed by atoms with Gasteiger partial charge < -0.3 is 9.84 Å². The number of aromatic hydroxyl groups is 1. The predicted octanol–water partition coefficient (Wildman–Crippen LogP) is 4.39. The smallest absolute Gasteiger partial charge is 0.161 e. The number of rotatable bonds is 3. The van der Waals surface area contributed by atoms with E-state index in [4.69, 9.17) is 16.3 Å². The molecule has 88 valence electrons. The van der Waals surface area contributed by atoms with Gasteiger partial charge in [-0.15, -0.1) is 0 Å². The summed E-state index contributed by atoms with van der Waals surface area (Å²) in [4.78, 5) is 0. The van der Waals surface area contributed by atoms with Crippen LogP contribution >= 0.6 is 27.5 Å². The van der Waals surface area contributed by atoms with E-state index in [-0.39, 0.29) is 5.75 Å². The molecular formula is C13H10BrClO2. The van der Waals surface area contributed by atoms with Crippen LogP contribution in [0.25, 0.3) is 0 Å². The molecule has 0 aromatic heterocycles. The normalized spacial score (nSPS) is 10.2. The molecule has 2 aromatic carbocycles. The van der Waals surface area contributed by atoms with Crippen molar-refractivity contribution < 1.29 is 9.84 Å². The quantitative estimate of drug-likeness (QED) is 0.911. The second kappa shape index (κ2) is 5.43. The van der Waals surface area contributed by atoms with Gasteiger partial charge in [-0.3, -0.25) is 0 Å². The van der Waals surface area contributed by atoms with Crippen LogP contribution in [-0.4, -0.2) is 5.11 Å². The Bertz CT molecular complexity index is 529. The highest BCUT2D eigenvalue weighted by molar-refractivity contribution is 9.10. The first-order chi connectivity index (χ1) is 8.16. The number of hydrogen-bond acceptors (Lipinski definition) is 2. The van der Waals surface area contributed by atoms with Crippen molar-refractivity contribution >= 4 is 27.5 Å². The first kappa shape index (κ1) is 12.3. The number of benzene rings is 2. The number of ether oxygens (including phenoxy) is 1. The van der Waals surface area contributed by atoms with Gasteiger partial charge in [-0.25, -0.2) is 0 Å². The van der Waals surface area contributed by atoms with Gasteiger partial charge >= 0.3 is 0 Å². The van der Waals surface area contributed by atoms with E-state index in [0.29, 0.717) is 17.4 Å². The zero-order valence-electron chi connectivity index (χ0n) is 8.86. The van der Waals surface area contributed by atoms with Gasteiger partial charge in [0.1, 0.15) is 6.61 Å². The fraction of sp³-hybridized carbons (Fsp3) is 0.0769. The lowest BCUT2D eigenvalue weighted by Crippen LogP contribution is -1.95. The van der Waals surface area contributed by atoms with Crippen LogP contribution in [0.1, 0.15) is 5.56 Å². The van der Waals surface area contributed by atoms with Crippen molar-refractivity contribution in [2.75, 3.05) is 0 Å². The summed E-state index contributed by atoms with van der Waals surface area (Å²) >= 11 is 9.30. The largest absolute Gasteiger partial charge is 0.504 e. The fourth-order valence-corrected chi connectivity index (χ4v) is 1.82. The van der Waals surface area contributed by atoms with E-state index in [1.165, 1.54) is 0 Å². The lowest BCUT2D eigenvalue weighted by Gasteiger charge is -2.08. The van der Waals surface area contributed by atoms with Gasteiger partial charge in [0.05, 0.1) is 5.02 Å². The zero-order valence-corrected chi connectivity index (χ0v) is 11.2. The molecule has 0 saturated carbocycles. The summed E-state index contributed by atoms with van der Waals surface area (Å²) < 4.78 is 6.35. The lowest BCUT2D eigenvalue weighted by molar-refractivity contribution is 0.289. The van der Waals surface area contributed by atoms with E-state index in [0.717, 1.165) is 10.0 Å². The van der Waals surface area contributed by atoms with Gasteiger partial charge in [0.25, 0.3) is 0 Å². The topological polar surface area (TPSA) is 29.5 Å². The minimum atomic E-state index is 0.135. The minimum absolute atomic E-state index is 0.135. The average Bonchev–Trinajstić information content (AvgIpc) is 2.32. The predicted molar refractivity (Wildman–Crippen MR) is 71.6 cm³/mol.